The molecule has 0 bridgehead atoms. The maximum atomic E-state index is 11.6. The lowest BCUT2D eigenvalue weighted by atomic mass is 10.2. The molecular formula is C14H19BrN2O3. The first-order chi connectivity index (χ1) is 9.47. The van der Waals surface area contributed by atoms with Gasteiger partial charge in [0.25, 0.3) is 0 Å². The van der Waals surface area contributed by atoms with E-state index in [9.17, 15) is 4.79 Å². The fraction of sp³-hybridized carbons (Fsp3) is 0.357. The second kappa shape index (κ2) is 7.79. The summed E-state index contributed by atoms with van der Waals surface area (Å²) in [5, 5.41) is 5.46. The Morgan fingerprint density at radius 3 is 2.55 bits per heavy atom. The van der Waals surface area contributed by atoms with Gasteiger partial charge >= 0.3 is 6.03 Å². The quantitative estimate of drug-likeness (QED) is 0.781. The monoisotopic (exact) mass is 342 g/mol. The lowest BCUT2D eigenvalue weighted by molar-refractivity contribution is 0.241. The van der Waals surface area contributed by atoms with Crippen LogP contribution in [0.3, 0.4) is 0 Å². The van der Waals surface area contributed by atoms with Crippen LogP contribution in [0.4, 0.5) is 4.79 Å². The van der Waals surface area contributed by atoms with Crippen molar-refractivity contribution in [2.75, 3.05) is 20.8 Å². The summed E-state index contributed by atoms with van der Waals surface area (Å²) in [5.74, 6) is 1.24. The average molecular weight is 343 g/mol. The number of amides is 2. The van der Waals surface area contributed by atoms with Crippen LogP contribution >= 0.6 is 15.9 Å². The summed E-state index contributed by atoms with van der Waals surface area (Å²) in [6.07, 6.45) is 0. The number of hydrogen-bond donors (Lipinski definition) is 2. The molecule has 0 radical (unpaired) electrons. The first-order valence-corrected chi connectivity index (χ1v) is 6.83. The number of benzene rings is 1. The fourth-order valence-corrected chi connectivity index (χ4v) is 2.20. The van der Waals surface area contributed by atoms with E-state index in [2.05, 4.69) is 33.1 Å². The van der Waals surface area contributed by atoms with Crippen molar-refractivity contribution in [3.8, 4) is 11.5 Å². The maximum Gasteiger partial charge on any atom is 0.315 e. The summed E-state index contributed by atoms with van der Waals surface area (Å²) in [6, 6.07) is 3.46. The molecule has 0 saturated heterocycles. The van der Waals surface area contributed by atoms with Gasteiger partial charge in [0.2, 0.25) is 0 Å². The highest BCUT2D eigenvalue weighted by Gasteiger charge is 2.11. The molecule has 110 valence electrons. The Labute approximate surface area is 127 Å². The molecule has 0 atom stereocenters. The van der Waals surface area contributed by atoms with E-state index < -0.39 is 0 Å². The average Bonchev–Trinajstić information content (AvgIpc) is 2.42. The van der Waals surface area contributed by atoms with Crippen molar-refractivity contribution in [2.45, 2.75) is 13.5 Å². The number of ether oxygens (including phenoxy) is 2. The normalized spacial score (nSPS) is 9.80. The van der Waals surface area contributed by atoms with E-state index in [1.807, 2.05) is 19.1 Å². The van der Waals surface area contributed by atoms with Gasteiger partial charge in [0, 0.05) is 13.1 Å². The molecule has 0 aliphatic rings. The fourth-order valence-electron chi connectivity index (χ4n) is 1.55. The lowest BCUT2D eigenvalue weighted by Gasteiger charge is -2.13. The number of urea groups is 1. The summed E-state index contributed by atoms with van der Waals surface area (Å²) in [5.41, 5.74) is 1.80. The molecule has 0 unspecified atom stereocenters. The van der Waals surface area contributed by atoms with Crippen molar-refractivity contribution >= 4 is 22.0 Å². The van der Waals surface area contributed by atoms with Gasteiger partial charge in [-0.1, -0.05) is 12.2 Å². The van der Waals surface area contributed by atoms with Gasteiger partial charge in [0.1, 0.15) is 0 Å². The minimum absolute atomic E-state index is 0.237. The molecule has 1 aromatic carbocycles. The molecule has 0 fully saturated rings. The minimum Gasteiger partial charge on any atom is -0.493 e. The smallest absolute Gasteiger partial charge is 0.315 e. The van der Waals surface area contributed by atoms with Crippen LogP contribution in [0.15, 0.2) is 28.8 Å². The summed E-state index contributed by atoms with van der Waals surface area (Å²) in [6.45, 7) is 6.42. The number of rotatable bonds is 6. The Morgan fingerprint density at radius 2 is 2.00 bits per heavy atom. The molecule has 0 aliphatic heterocycles. The maximum absolute atomic E-state index is 11.6. The predicted octanol–water partition coefficient (Wildman–Crippen LogP) is 2.84. The second-order valence-electron chi connectivity index (χ2n) is 4.31. The van der Waals surface area contributed by atoms with Crippen molar-refractivity contribution in [1.82, 2.24) is 10.6 Å². The van der Waals surface area contributed by atoms with Crippen LogP contribution in [0.2, 0.25) is 0 Å². The molecule has 2 N–H and O–H groups in total. The van der Waals surface area contributed by atoms with E-state index in [0.29, 0.717) is 24.6 Å². The highest BCUT2D eigenvalue weighted by atomic mass is 79.9. The molecular weight excluding hydrogens is 324 g/mol. The van der Waals surface area contributed by atoms with E-state index in [4.69, 9.17) is 9.47 Å². The van der Waals surface area contributed by atoms with Crippen LogP contribution in [-0.4, -0.2) is 26.8 Å². The van der Waals surface area contributed by atoms with Gasteiger partial charge in [0.15, 0.2) is 11.5 Å². The topological polar surface area (TPSA) is 59.6 Å². The second-order valence-corrected chi connectivity index (χ2v) is 5.16. The van der Waals surface area contributed by atoms with E-state index in [1.54, 1.807) is 14.2 Å². The zero-order valence-electron chi connectivity index (χ0n) is 11.9. The molecule has 6 heteroatoms. The van der Waals surface area contributed by atoms with E-state index in [-0.39, 0.29) is 6.03 Å². The predicted molar refractivity (Wildman–Crippen MR) is 82.3 cm³/mol. The Morgan fingerprint density at radius 1 is 1.30 bits per heavy atom. The third-order valence-corrected chi connectivity index (χ3v) is 3.09. The van der Waals surface area contributed by atoms with Gasteiger partial charge < -0.3 is 20.1 Å². The summed E-state index contributed by atoms with van der Waals surface area (Å²) in [7, 11) is 3.15. The third-order valence-electron chi connectivity index (χ3n) is 2.50. The molecule has 20 heavy (non-hydrogen) atoms. The van der Waals surface area contributed by atoms with Gasteiger partial charge in [-0.05, 0) is 40.5 Å². The molecule has 1 aromatic rings. The number of carbonyl (C=O) groups excluding carboxylic acids is 1. The zero-order valence-corrected chi connectivity index (χ0v) is 13.5. The van der Waals surface area contributed by atoms with E-state index in [0.717, 1.165) is 15.6 Å². The summed E-state index contributed by atoms with van der Waals surface area (Å²) >= 11 is 3.41. The summed E-state index contributed by atoms with van der Waals surface area (Å²) in [4.78, 5) is 11.6. The molecule has 0 saturated carbocycles. The van der Waals surface area contributed by atoms with Gasteiger partial charge in [-0.25, -0.2) is 4.79 Å². The molecule has 5 nitrogen and oxygen atoms in total. The van der Waals surface area contributed by atoms with Gasteiger partial charge in [-0.2, -0.15) is 0 Å². The first-order valence-electron chi connectivity index (χ1n) is 6.04. The van der Waals surface area contributed by atoms with Crippen LogP contribution in [0.1, 0.15) is 12.5 Å². The van der Waals surface area contributed by atoms with Gasteiger partial charge in [0.05, 0.1) is 18.7 Å². The van der Waals surface area contributed by atoms with Gasteiger partial charge in [-0.3, -0.25) is 0 Å². The van der Waals surface area contributed by atoms with Gasteiger partial charge in [-0.15, -0.1) is 0 Å². The summed E-state index contributed by atoms with van der Waals surface area (Å²) < 4.78 is 11.3. The van der Waals surface area contributed by atoms with Crippen LogP contribution in [-0.2, 0) is 6.54 Å². The Hall–Kier alpha value is -1.69. The molecule has 0 heterocycles. The number of hydrogen-bond acceptors (Lipinski definition) is 3. The standard InChI is InChI=1S/C14H19BrN2O3/c1-9(2)7-16-14(18)17-8-10-5-11(15)13(20-4)12(6-10)19-3/h5-6H,1,7-8H2,2-4H3,(H2,16,17,18). The largest absolute Gasteiger partial charge is 0.493 e. The molecule has 0 aromatic heterocycles. The Bertz CT molecular complexity index is 503. The molecule has 1 rings (SSSR count). The zero-order chi connectivity index (χ0) is 15.1. The van der Waals surface area contributed by atoms with Crippen molar-refractivity contribution in [2.24, 2.45) is 0 Å². The third kappa shape index (κ3) is 4.77. The van der Waals surface area contributed by atoms with Crippen LogP contribution in [0.5, 0.6) is 11.5 Å². The molecule has 0 spiro atoms. The SMILES string of the molecule is C=C(C)CNC(=O)NCc1cc(Br)c(OC)c(OC)c1. The Kier molecular flexibility index (Phi) is 6.38. The lowest BCUT2D eigenvalue weighted by Crippen LogP contribution is -2.35. The van der Waals surface area contributed by atoms with E-state index in [1.165, 1.54) is 0 Å². The van der Waals surface area contributed by atoms with Crippen molar-refractivity contribution in [3.63, 3.8) is 0 Å². The number of nitrogens with one attached hydrogen (secondary N) is 2. The van der Waals surface area contributed by atoms with Crippen molar-refractivity contribution in [1.29, 1.82) is 0 Å². The number of carbonyl (C=O) groups is 1. The van der Waals surface area contributed by atoms with Crippen LogP contribution in [0.25, 0.3) is 0 Å². The van der Waals surface area contributed by atoms with Crippen molar-refractivity contribution in [3.05, 3.63) is 34.3 Å². The van der Waals surface area contributed by atoms with E-state index >= 15 is 0 Å². The highest BCUT2D eigenvalue weighted by molar-refractivity contribution is 9.10. The Balaban J connectivity index is 2.67. The van der Waals surface area contributed by atoms with Crippen LogP contribution in [0, 0.1) is 0 Å². The minimum atomic E-state index is -0.237. The number of methoxy groups -OCH3 is 2. The molecule has 2 amide bonds. The number of halogens is 1. The van der Waals surface area contributed by atoms with Crippen LogP contribution < -0.4 is 20.1 Å². The molecule has 0 aliphatic carbocycles. The van der Waals surface area contributed by atoms with Crippen molar-refractivity contribution < 1.29 is 14.3 Å². The highest BCUT2D eigenvalue weighted by Crippen LogP contribution is 2.36. The first kappa shape index (κ1) is 16.4.